The van der Waals surface area contributed by atoms with Gasteiger partial charge in [-0.2, -0.15) is 8.42 Å². The highest BCUT2D eigenvalue weighted by atomic mass is 32.2. The van der Waals surface area contributed by atoms with Crippen LogP contribution in [0.1, 0.15) is 12.5 Å². The van der Waals surface area contributed by atoms with Gasteiger partial charge in [-0.1, -0.05) is 0 Å². The summed E-state index contributed by atoms with van der Waals surface area (Å²) in [5.41, 5.74) is 0.624. The first-order chi connectivity index (χ1) is 9.29. The van der Waals surface area contributed by atoms with Crippen LogP contribution in [0.15, 0.2) is 24.3 Å². The Morgan fingerprint density at radius 2 is 1.55 bits per heavy atom. The first-order valence-electron chi connectivity index (χ1n) is 5.92. The van der Waals surface area contributed by atoms with Gasteiger partial charge >= 0.3 is 0 Å². The smallest absolute Gasteiger partial charge is 0.264 e. The van der Waals surface area contributed by atoms with Crippen molar-refractivity contribution in [3.8, 4) is 5.75 Å². The standard InChI is InChI=1S/C13H20O6S/c1-10(19-20(5,14)15)13(17-3,18-4)11-6-8-12(16-2)9-7-11/h6-10H,1-5H3. The van der Waals surface area contributed by atoms with Crippen molar-refractivity contribution in [3.05, 3.63) is 29.8 Å². The SMILES string of the molecule is COc1ccc(C(OC)(OC)C(C)OS(C)(=O)=O)cc1. The molecule has 0 amide bonds. The van der Waals surface area contributed by atoms with E-state index in [-0.39, 0.29) is 0 Å². The molecule has 0 spiro atoms. The van der Waals surface area contributed by atoms with Crippen LogP contribution in [0.4, 0.5) is 0 Å². The molecular formula is C13H20O6S. The third-order valence-corrected chi connectivity index (χ3v) is 3.59. The molecule has 1 atom stereocenters. The fraction of sp³-hybridized carbons (Fsp3) is 0.538. The molecule has 1 rings (SSSR count). The lowest BCUT2D eigenvalue weighted by atomic mass is 10.0. The molecule has 0 saturated heterocycles. The number of ether oxygens (including phenoxy) is 3. The van der Waals surface area contributed by atoms with Gasteiger partial charge in [-0.3, -0.25) is 4.18 Å². The predicted octanol–water partition coefficient (Wildman–Crippen LogP) is 1.51. The minimum atomic E-state index is -3.63. The molecule has 1 aromatic rings. The summed E-state index contributed by atoms with van der Waals surface area (Å²) >= 11 is 0. The lowest BCUT2D eigenvalue weighted by molar-refractivity contribution is -0.257. The van der Waals surface area contributed by atoms with Gasteiger partial charge in [-0.25, -0.2) is 0 Å². The maximum Gasteiger partial charge on any atom is 0.264 e. The van der Waals surface area contributed by atoms with Crippen LogP contribution in [0.3, 0.4) is 0 Å². The van der Waals surface area contributed by atoms with Crippen molar-refractivity contribution in [3.63, 3.8) is 0 Å². The maximum absolute atomic E-state index is 11.3. The van der Waals surface area contributed by atoms with E-state index in [2.05, 4.69) is 0 Å². The number of rotatable bonds is 7. The second kappa shape index (κ2) is 6.53. The van der Waals surface area contributed by atoms with Crippen LogP contribution < -0.4 is 4.74 Å². The molecule has 114 valence electrons. The largest absolute Gasteiger partial charge is 0.497 e. The van der Waals surface area contributed by atoms with Gasteiger partial charge in [0.05, 0.1) is 13.4 Å². The summed E-state index contributed by atoms with van der Waals surface area (Å²) in [6.07, 6.45) is 0.119. The van der Waals surface area contributed by atoms with Gasteiger partial charge in [0, 0.05) is 19.8 Å². The summed E-state index contributed by atoms with van der Waals surface area (Å²) < 4.78 is 43.5. The molecule has 0 N–H and O–H groups in total. The predicted molar refractivity (Wildman–Crippen MR) is 74.1 cm³/mol. The number of hydrogen-bond acceptors (Lipinski definition) is 6. The Hall–Kier alpha value is -1.15. The monoisotopic (exact) mass is 304 g/mol. The fourth-order valence-corrected chi connectivity index (χ4v) is 2.69. The van der Waals surface area contributed by atoms with Crippen LogP contribution >= 0.6 is 0 Å². The Morgan fingerprint density at radius 1 is 1.05 bits per heavy atom. The van der Waals surface area contributed by atoms with Crippen LogP contribution in [0.25, 0.3) is 0 Å². The van der Waals surface area contributed by atoms with Crippen molar-refractivity contribution in [1.82, 2.24) is 0 Å². The number of hydrogen-bond donors (Lipinski definition) is 0. The van der Waals surface area contributed by atoms with E-state index in [9.17, 15) is 8.42 Å². The van der Waals surface area contributed by atoms with Crippen LogP contribution in [0, 0.1) is 0 Å². The summed E-state index contributed by atoms with van der Waals surface area (Å²) in [5.74, 6) is -0.651. The molecule has 0 aromatic heterocycles. The summed E-state index contributed by atoms with van der Waals surface area (Å²) in [5, 5.41) is 0. The summed E-state index contributed by atoms with van der Waals surface area (Å²) in [6, 6.07) is 6.92. The Bertz CT molecular complexity index is 518. The van der Waals surface area contributed by atoms with Crippen molar-refractivity contribution in [1.29, 1.82) is 0 Å². The second-order valence-electron chi connectivity index (χ2n) is 4.25. The molecule has 7 heteroatoms. The highest BCUT2D eigenvalue weighted by molar-refractivity contribution is 7.86. The zero-order valence-corrected chi connectivity index (χ0v) is 13.1. The zero-order chi connectivity index (χ0) is 15.4. The van der Waals surface area contributed by atoms with Crippen LogP contribution in [-0.4, -0.2) is 42.1 Å². The molecular weight excluding hydrogens is 284 g/mol. The summed E-state index contributed by atoms with van der Waals surface area (Å²) in [7, 11) is 0.781. The van der Waals surface area contributed by atoms with Gasteiger partial charge in [-0.05, 0) is 31.2 Å². The van der Waals surface area contributed by atoms with E-state index >= 15 is 0 Å². The Morgan fingerprint density at radius 3 is 1.90 bits per heavy atom. The minimum Gasteiger partial charge on any atom is -0.497 e. The molecule has 20 heavy (non-hydrogen) atoms. The molecule has 0 bridgehead atoms. The molecule has 0 aliphatic carbocycles. The first-order valence-corrected chi connectivity index (χ1v) is 7.73. The Kier molecular flexibility index (Phi) is 5.52. The molecule has 1 unspecified atom stereocenters. The average Bonchev–Trinajstić information content (AvgIpc) is 2.39. The van der Waals surface area contributed by atoms with E-state index in [0.29, 0.717) is 11.3 Å². The molecule has 0 aliphatic rings. The van der Waals surface area contributed by atoms with E-state index in [4.69, 9.17) is 18.4 Å². The van der Waals surface area contributed by atoms with E-state index in [1.165, 1.54) is 14.2 Å². The molecule has 6 nitrogen and oxygen atoms in total. The normalized spacial score (nSPS) is 14.1. The van der Waals surface area contributed by atoms with Crippen LogP contribution in [0.2, 0.25) is 0 Å². The number of benzene rings is 1. The fourth-order valence-electron chi connectivity index (χ4n) is 2.03. The molecule has 0 fully saturated rings. The van der Waals surface area contributed by atoms with E-state index in [1.807, 2.05) is 0 Å². The highest BCUT2D eigenvalue weighted by Gasteiger charge is 2.41. The first kappa shape index (κ1) is 16.9. The number of methoxy groups -OCH3 is 3. The second-order valence-corrected chi connectivity index (χ2v) is 5.85. The Labute approximate surface area is 119 Å². The van der Waals surface area contributed by atoms with Crippen LogP contribution in [0.5, 0.6) is 5.75 Å². The summed E-state index contributed by atoms with van der Waals surface area (Å²) in [4.78, 5) is 0. The van der Waals surface area contributed by atoms with Gasteiger partial charge in [0.1, 0.15) is 11.9 Å². The maximum atomic E-state index is 11.3. The van der Waals surface area contributed by atoms with Crippen molar-refractivity contribution in [2.75, 3.05) is 27.6 Å². The third-order valence-electron chi connectivity index (χ3n) is 2.95. The molecule has 0 saturated carbocycles. The third kappa shape index (κ3) is 3.69. The lowest BCUT2D eigenvalue weighted by Crippen LogP contribution is -2.44. The van der Waals surface area contributed by atoms with Gasteiger partial charge in [0.2, 0.25) is 5.79 Å². The minimum absolute atomic E-state index is 0.624. The Balaban J connectivity index is 3.18. The quantitative estimate of drug-likeness (QED) is 0.561. The molecule has 0 radical (unpaired) electrons. The highest BCUT2D eigenvalue weighted by Crippen LogP contribution is 2.33. The van der Waals surface area contributed by atoms with E-state index in [0.717, 1.165) is 6.26 Å². The van der Waals surface area contributed by atoms with Crippen molar-refractivity contribution < 1.29 is 26.8 Å². The van der Waals surface area contributed by atoms with Crippen molar-refractivity contribution in [2.24, 2.45) is 0 Å². The van der Waals surface area contributed by atoms with Gasteiger partial charge in [0.15, 0.2) is 0 Å². The van der Waals surface area contributed by atoms with Crippen molar-refractivity contribution in [2.45, 2.75) is 18.8 Å². The lowest BCUT2D eigenvalue weighted by Gasteiger charge is -2.35. The van der Waals surface area contributed by atoms with Crippen LogP contribution in [-0.2, 0) is 29.6 Å². The van der Waals surface area contributed by atoms with Gasteiger partial charge in [0.25, 0.3) is 10.1 Å². The molecule has 1 aromatic carbocycles. The van der Waals surface area contributed by atoms with Crippen molar-refractivity contribution >= 4 is 10.1 Å². The zero-order valence-electron chi connectivity index (χ0n) is 12.2. The van der Waals surface area contributed by atoms with Gasteiger partial charge < -0.3 is 14.2 Å². The van der Waals surface area contributed by atoms with Gasteiger partial charge in [-0.15, -0.1) is 0 Å². The molecule has 0 aliphatic heterocycles. The van der Waals surface area contributed by atoms with E-state index in [1.54, 1.807) is 38.3 Å². The topological polar surface area (TPSA) is 71.1 Å². The summed E-state index contributed by atoms with van der Waals surface area (Å²) in [6.45, 7) is 1.57. The average molecular weight is 304 g/mol. The molecule has 0 heterocycles. The van der Waals surface area contributed by atoms with E-state index < -0.39 is 22.0 Å².